The van der Waals surface area contributed by atoms with Gasteiger partial charge >= 0.3 is 0 Å². The van der Waals surface area contributed by atoms with E-state index in [4.69, 9.17) is 5.11 Å². The number of rotatable bonds is 3. The van der Waals surface area contributed by atoms with Crippen LogP contribution in [0.2, 0.25) is 0 Å². The van der Waals surface area contributed by atoms with Crippen molar-refractivity contribution in [2.75, 3.05) is 0 Å². The van der Waals surface area contributed by atoms with E-state index in [2.05, 4.69) is 0 Å². The molecule has 1 atom stereocenters. The fraction of sp³-hybridized carbons (Fsp3) is 0.444. The molecule has 0 spiro atoms. The highest BCUT2D eigenvalue weighted by Gasteiger charge is 2.06. The average Bonchev–Trinajstić information content (AvgIpc) is 2.33. The molecule has 3 heteroatoms. The van der Waals surface area contributed by atoms with E-state index in [1.807, 2.05) is 0 Å². The summed E-state index contributed by atoms with van der Waals surface area (Å²) in [6, 6.07) is 3.56. The fourth-order valence-electron chi connectivity index (χ4n) is 1.18. The molecular weight excluding hydrogens is 154 g/mol. The van der Waals surface area contributed by atoms with Crippen molar-refractivity contribution in [2.45, 2.75) is 26.5 Å². The molecule has 12 heavy (non-hydrogen) atoms. The normalized spacial score (nSPS) is 12.9. The molecule has 0 radical (unpaired) electrons. The summed E-state index contributed by atoms with van der Waals surface area (Å²) in [6.45, 7) is 3.69. The molecule has 1 heterocycles. The van der Waals surface area contributed by atoms with Crippen LogP contribution in [-0.4, -0.2) is 21.6 Å². The first kappa shape index (κ1) is 9.00. The quantitative estimate of drug-likeness (QED) is 0.684. The number of nitrogens with zero attached hydrogens (tertiary/aromatic N) is 1. The molecule has 0 aliphatic rings. The van der Waals surface area contributed by atoms with Gasteiger partial charge in [-0.25, -0.2) is 0 Å². The van der Waals surface area contributed by atoms with Gasteiger partial charge in [0.05, 0.1) is 11.8 Å². The predicted molar refractivity (Wildman–Crippen MR) is 46.1 cm³/mol. The summed E-state index contributed by atoms with van der Waals surface area (Å²) >= 11 is 0. The van der Waals surface area contributed by atoms with Crippen LogP contribution >= 0.6 is 0 Å². The molecule has 1 N–H and O–H groups in total. The molecule has 0 aliphatic carbocycles. The lowest BCUT2D eigenvalue weighted by molar-refractivity contribution is 0.1000. The second kappa shape index (κ2) is 3.54. The van der Waals surface area contributed by atoms with E-state index in [0.717, 1.165) is 0 Å². The summed E-state index contributed by atoms with van der Waals surface area (Å²) in [5.41, 5.74) is 0.649. The molecule has 0 fully saturated rings. The molecule has 1 aromatic rings. The molecule has 0 aliphatic heterocycles. The zero-order valence-electron chi connectivity index (χ0n) is 7.32. The van der Waals surface area contributed by atoms with Crippen molar-refractivity contribution in [1.29, 1.82) is 0 Å². The van der Waals surface area contributed by atoms with Gasteiger partial charge in [0.15, 0.2) is 5.78 Å². The topological polar surface area (TPSA) is 42.2 Å². The highest BCUT2D eigenvalue weighted by atomic mass is 16.3. The van der Waals surface area contributed by atoms with Crippen LogP contribution < -0.4 is 0 Å². The van der Waals surface area contributed by atoms with E-state index in [1.165, 1.54) is 6.92 Å². The maximum atomic E-state index is 11.0. The van der Waals surface area contributed by atoms with Gasteiger partial charge in [0.1, 0.15) is 0 Å². The van der Waals surface area contributed by atoms with Gasteiger partial charge in [0.2, 0.25) is 0 Å². The van der Waals surface area contributed by atoms with Gasteiger partial charge in [-0.2, -0.15) is 0 Å². The zero-order valence-corrected chi connectivity index (χ0v) is 7.32. The van der Waals surface area contributed by atoms with Crippen molar-refractivity contribution in [3.63, 3.8) is 0 Å². The maximum Gasteiger partial charge on any atom is 0.176 e. The van der Waals surface area contributed by atoms with Gasteiger partial charge in [-0.05, 0) is 19.1 Å². The first-order valence-electron chi connectivity index (χ1n) is 3.95. The smallest absolute Gasteiger partial charge is 0.176 e. The molecule has 1 unspecified atom stereocenters. The Hall–Kier alpha value is -1.09. The Morgan fingerprint density at radius 1 is 1.75 bits per heavy atom. The van der Waals surface area contributed by atoms with Crippen molar-refractivity contribution in [2.24, 2.45) is 0 Å². The van der Waals surface area contributed by atoms with Crippen molar-refractivity contribution < 1.29 is 9.90 Å². The molecule has 1 aromatic heterocycles. The van der Waals surface area contributed by atoms with Gasteiger partial charge in [-0.15, -0.1) is 0 Å². The molecule has 0 aromatic carbocycles. The highest BCUT2D eigenvalue weighted by Crippen LogP contribution is 2.04. The molecule has 3 nitrogen and oxygen atoms in total. The van der Waals surface area contributed by atoms with Gasteiger partial charge < -0.3 is 9.67 Å². The van der Waals surface area contributed by atoms with Crippen LogP contribution in [0, 0.1) is 0 Å². The Labute approximate surface area is 71.6 Å². The molecule has 0 saturated heterocycles. The second-order valence-corrected chi connectivity index (χ2v) is 2.95. The number of aliphatic hydroxyl groups is 1. The van der Waals surface area contributed by atoms with Crippen molar-refractivity contribution in [3.8, 4) is 0 Å². The number of aliphatic hydroxyl groups excluding tert-OH is 1. The highest BCUT2D eigenvalue weighted by molar-refractivity contribution is 5.92. The fourth-order valence-corrected chi connectivity index (χ4v) is 1.18. The van der Waals surface area contributed by atoms with E-state index in [9.17, 15) is 4.79 Å². The monoisotopic (exact) mass is 167 g/mol. The minimum absolute atomic E-state index is 0.0284. The molecule has 0 bridgehead atoms. The van der Waals surface area contributed by atoms with E-state index < -0.39 is 6.10 Å². The van der Waals surface area contributed by atoms with E-state index in [1.54, 1.807) is 29.8 Å². The Morgan fingerprint density at radius 2 is 2.42 bits per heavy atom. The lowest BCUT2D eigenvalue weighted by Gasteiger charge is -2.08. The van der Waals surface area contributed by atoms with Crippen molar-refractivity contribution in [3.05, 3.63) is 24.0 Å². The van der Waals surface area contributed by atoms with Crippen LogP contribution in [0.1, 0.15) is 24.3 Å². The first-order chi connectivity index (χ1) is 5.61. The summed E-state index contributed by atoms with van der Waals surface area (Å²) < 4.78 is 1.76. The number of Topliss-reactive ketones (excluding diaryl/α,β-unsaturated/α-hetero) is 1. The number of hydrogen-bond acceptors (Lipinski definition) is 2. The van der Waals surface area contributed by atoms with Gasteiger partial charge in [-0.3, -0.25) is 4.79 Å². The van der Waals surface area contributed by atoms with Crippen LogP contribution in [0.5, 0.6) is 0 Å². The standard InChI is InChI=1S/C9H13NO2/c1-7(11)6-10-5-3-4-9(10)8(2)12/h3-5,7,11H,6H2,1-2H3. The molecular formula is C9H13NO2. The van der Waals surface area contributed by atoms with Crippen LogP contribution in [0.25, 0.3) is 0 Å². The number of hydrogen-bond donors (Lipinski definition) is 1. The molecule has 1 rings (SSSR count). The number of ketones is 1. The van der Waals surface area contributed by atoms with Gasteiger partial charge in [0, 0.05) is 19.7 Å². The lowest BCUT2D eigenvalue weighted by atomic mass is 10.3. The summed E-state index contributed by atoms with van der Waals surface area (Å²) in [5.74, 6) is 0.0284. The summed E-state index contributed by atoms with van der Waals surface area (Å²) in [7, 11) is 0. The van der Waals surface area contributed by atoms with E-state index in [-0.39, 0.29) is 5.78 Å². The van der Waals surface area contributed by atoms with Crippen LogP contribution in [-0.2, 0) is 6.54 Å². The maximum absolute atomic E-state index is 11.0. The number of carbonyl (C=O) groups is 1. The molecule has 0 amide bonds. The third-order valence-corrected chi connectivity index (χ3v) is 1.65. The van der Waals surface area contributed by atoms with Crippen LogP contribution in [0.15, 0.2) is 18.3 Å². The van der Waals surface area contributed by atoms with Gasteiger partial charge in [-0.1, -0.05) is 0 Å². The Balaban J connectivity index is 2.84. The van der Waals surface area contributed by atoms with Gasteiger partial charge in [0.25, 0.3) is 0 Å². The molecule has 66 valence electrons. The number of carbonyl (C=O) groups excluding carboxylic acids is 1. The minimum Gasteiger partial charge on any atom is -0.392 e. The third kappa shape index (κ3) is 1.95. The second-order valence-electron chi connectivity index (χ2n) is 2.95. The summed E-state index contributed by atoms with van der Waals surface area (Å²) in [4.78, 5) is 11.0. The Bertz CT molecular complexity index is 276. The SMILES string of the molecule is CC(=O)c1cccn1CC(C)O. The first-order valence-corrected chi connectivity index (χ1v) is 3.95. The predicted octanol–water partition coefficient (Wildman–Crippen LogP) is 1.07. The Morgan fingerprint density at radius 3 is 2.92 bits per heavy atom. The van der Waals surface area contributed by atoms with Crippen LogP contribution in [0.3, 0.4) is 0 Å². The Kier molecular flexibility index (Phi) is 2.65. The summed E-state index contributed by atoms with van der Waals surface area (Å²) in [6.07, 6.45) is 1.37. The van der Waals surface area contributed by atoms with Crippen LogP contribution in [0.4, 0.5) is 0 Å². The number of aromatic nitrogens is 1. The summed E-state index contributed by atoms with van der Waals surface area (Å²) in [5, 5.41) is 9.10. The average molecular weight is 167 g/mol. The zero-order chi connectivity index (χ0) is 9.14. The third-order valence-electron chi connectivity index (χ3n) is 1.65. The lowest BCUT2D eigenvalue weighted by Crippen LogP contribution is -2.14. The van der Waals surface area contributed by atoms with E-state index in [0.29, 0.717) is 12.2 Å². The molecule has 0 saturated carbocycles. The van der Waals surface area contributed by atoms with Crippen molar-refractivity contribution >= 4 is 5.78 Å². The largest absolute Gasteiger partial charge is 0.392 e. The van der Waals surface area contributed by atoms with E-state index >= 15 is 0 Å². The van der Waals surface area contributed by atoms with Crippen molar-refractivity contribution in [1.82, 2.24) is 4.57 Å². The minimum atomic E-state index is -0.421.